The predicted molar refractivity (Wildman–Crippen MR) is 127 cm³/mol. The molecule has 0 radical (unpaired) electrons. The van der Waals surface area contributed by atoms with Gasteiger partial charge in [0.15, 0.2) is 11.5 Å². The number of rotatable bonds is 10. The van der Waals surface area contributed by atoms with E-state index in [1.165, 1.54) is 0 Å². The molecule has 1 aliphatic heterocycles. The molecule has 0 spiro atoms. The highest BCUT2D eigenvalue weighted by Crippen LogP contribution is 2.36. The van der Waals surface area contributed by atoms with Gasteiger partial charge in [-0.15, -0.1) is 0 Å². The van der Waals surface area contributed by atoms with E-state index in [0.717, 1.165) is 42.9 Å². The summed E-state index contributed by atoms with van der Waals surface area (Å²) in [6.07, 6.45) is 1.87. The molecule has 2 heterocycles. The number of aromatic nitrogens is 2. The van der Waals surface area contributed by atoms with Gasteiger partial charge in [0.25, 0.3) is 0 Å². The summed E-state index contributed by atoms with van der Waals surface area (Å²) in [6, 6.07) is 17.6. The van der Waals surface area contributed by atoms with Crippen molar-refractivity contribution in [3.8, 4) is 23.1 Å². The summed E-state index contributed by atoms with van der Waals surface area (Å²) in [6.45, 7) is 6.51. The fraction of sp³-hybridized carbons (Fsp3) is 0.423. The molecule has 0 bridgehead atoms. The summed E-state index contributed by atoms with van der Waals surface area (Å²) >= 11 is 0. The van der Waals surface area contributed by atoms with Crippen molar-refractivity contribution < 1.29 is 19.3 Å². The normalized spacial score (nSPS) is 16.8. The summed E-state index contributed by atoms with van der Waals surface area (Å²) in [5, 5.41) is 15.0. The minimum absolute atomic E-state index is 0.187. The van der Waals surface area contributed by atoms with Crippen LogP contribution in [0.5, 0.6) is 17.4 Å². The van der Waals surface area contributed by atoms with Crippen molar-refractivity contribution in [1.82, 2.24) is 14.7 Å². The fourth-order valence-corrected chi connectivity index (χ4v) is 4.25. The average molecular weight is 452 g/mol. The molecule has 0 aliphatic carbocycles. The number of methoxy groups -OCH3 is 1. The second-order valence-electron chi connectivity index (χ2n) is 8.55. The predicted octanol–water partition coefficient (Wildman–Crippen LogP) is 4.34. The number of hydrogen-bond acceptors (Lipinski definition) is 6. The van der Waals surface area contributed by atoms with Gasteiger partial charge in [0, 0.05) is 26.2 Å². The van der Waals surface area contributed by atoms with Gasteiger partial charge < -0.3 is 19.3 Å². The number of nitrogens with zero attached hydrogens (tertiary/aromatic N) is 3. The Morgan fingerprint density at radius 1 is 1.15 bits per heavy atom. The van der Waals surface area contributed by atoms with Crippen LogP contribution in [0.15, 0.2) is 54.6 Å². The lowest BCUT2D eigenvalue weighted by molar-refractivity contribution is 0.0500. The van der Waals surface area contributed by atoms with E-state index in [-0.39, 0.29) is 6.10 Å². The number of aliphatic hydroxyl groups is 1. The summed E-state index contributed by atoms with van der Waals surface area (Å²) < 4.78 is 19.7. The van der Waals surface area contributed by atoms with Gasteiger partial charge in [-0.05, 0) is 51.0 Å². The topological polar surface area (TPSA) is 69.0 Å². The van der Waals surface area contributed by atoms with Crippen molar-refractivity contribution in [2.45, 2.75) is 45.4 Å². The third-order valence-electron chi connectivity index (χ3n) is 5.80. The van der Waals surface area contributed by atoms with Crippen molar-refractivity contribution >= 4 is 0 Å². The maximum atomic E-state index is 10.1. The van der Waals surface area contributed by atoms with Crippen LogP contribution in [0.4, 0.5) is 0 Å². The molecule has 176 valence electrons. The molecule has 1 N–H and O–H groups in total. The highest BCUT2D eigenvalue weighted by molar-refractivity contribution is 5.47. The van der Waals surface area contributed by atoms with Crippen LogP contribution in [0.1, 0.15) is 31.0 Å². The largest absolute Gasteiger partial charge is 0.493 e. The first-order valence-electron chi connectivity index (χ1n) is 11.5. The molecular weight excluding hydrogens is 418 g/mol. The molecule has 2 atom stereocenters. The van der Waals surface area contributed by atoms with E-state index in [1.807, 2.05) is 73.1 Å². The number of aryl methyl sites for hydroxylation is 1. The molecule has 0 unspecified atom stereocenters. The number of hydrogen-bond donors (Lipinski definition) is 1. The number of aliphatic hydroxyl groups excluding tert-OH is 1. The highest BCUT2D eigenvalue weighted by atomic mass is 16.5. The Balaban J connectivity index is 1.72. The third kappa shape index (κ3) is 5.74. The summed E-state index contributed by atoms with van der Waals surface area (Å²) in [5.41, 5.74) is 2.77. The summed E-state index contributed by atoms with van der Waals surface area (Å²) in [7, 11) is 1.63. The molecular formula is C26H33N3O4. The molecule has 3 aromatic rings. The van der Waals surface area contributed by atoms with Crippen LogP contribution < -0.4 is 9.47 Å². The molecule has 1 aromatic heterocycles. The van der Waals surface area contributed by atoms with E-state index in [9.17, 15) is 5.11 Å². The summed E-state index contributed by atoms with van der Waals surface area (Å²) in [4.78, 5) is 2.23. The Labute approximate surface area is 195 Å². The third-order valence-corrected chi connectivity index (χ3v) is 5.80. The van der Waals surface area contributed by atoms with E-state index in [2.05, 4.69) is 4.90 Å². The molecule has 1 saturated heterocycles. The van der Waals surface area contributed by atoms with Gasteiger partial charge in [-0.3, -0.25) is 4.90 Å². The molecule has 2 aromatic carbocycles. The second-order valence-corrected chi connectivity index (χ2v) is 8.55. The minimum Gasteiger partial charge on any atom is -0.493 e. The Kier molecular flexibility index (Phi) is 7.65. The highest BCUT2D eigenvalue weighted by Gasteiger charge is 2.25. The zero-order chi connectivity index (χ0) is 23.2. The van der Waals surface area contributed by atoms with E-state index >= 15 is 0 Å². The zero-order valence-corrected chi connectivity index (χ0v) is 19.6. The minimum atomic E-state index is -0.450. The van der Waals surface area contributed by atoms with Crippen LogP contribution in [0.3, 0.4) is 0 Å². The van der Waals surface area contributed by atoms with Gasteiger partial charge in [-0.25, -0.2) is 4.68 Å². The second kappa shape index (κ2) is 10.8. The first kappa shape index (κ1) is 23.3. The molecule has 1 aliphatic rings. The maximum Gasteiger partial charge on any atom is 0.227 e. The zero-order valence-electron chi connectivity index (χ0n) is 19.6. The first-order chi connectivity index (χ1) is 16.0. The van der Waals surface area contributed by atoms with Crippen LogP contribution in [0.25, 0.3) is 5.69 Å². The number of para-hydroxylation sites is 3. The lowest BCUT2D eigenvalue weighted by Crippen LogP contribution is -2.36. The van der Waals surface area contributed by atoms with Crippen LogP contribution in [-0.4, -0.2) is 58.8 Å². The summed E-state index contributed by atoms with van der Waals surface area (Å²) in [5.74, 6) is 1.92. The lowest BCUT2D eigenvalue weighted by atomic mass is 10.1. The van der Waals surface area contributed by atoms with Crippen molar-refractivity contribution in [3.63, 3.8) is 0 Å². The van der Waals surface area contributed by atoms with E-state index < -0.39 is 6.10 Å². The lowest BCUT2D eigenvalue weighted by Gasteiger charge is -2.26. The Hall–Kier alpha value is -2.87. The van der Waals surface area contributed by atoms with Gasteiger partial charge in [0.05, 0.1) is 36.3 Å². The molecule has 33 heavy (non-hydrogen) atoms. The Bertz CT molecular complexity index is 1030. The van der Waals surface area contributed by atoms with E-state index in [4.69, 9.17) is 19.3 Å². The van der Waals surface area contributed by atoms with Crippen molar-refractivity contribution in [1.29, 1.82) is 0 Å². The standard InChI is InChI=1S/C26H33N3O4/c1-19(30)16-28(17-22-12-9-15-32-22)18-23-20(2)27-29(21-10-5-4-6-11-21)26(23)33-25-14-8-7-13-24(25)31-3/h4-8,10-11,13-14,19,22,30H,9,12,15-18H2,1-3H3/t19-,22-/m0/s1. The van der Waals surface area contributed by atoms with Gasteiger partial charge in [-0.1, -0.05) is 30.3 Å². The van der Waals surface area contributed by atoms with Crippen molar-refractivity contribution in [2.75, 3.05) is 26.8 Å². The Morgan fingerprint density at radius 3 is 2.55 bits per heavy atom. The molecule has 7 nitrogen and oxygen atoms in total. The van der Waals surface area contributed by atoms with Crippen LogP contribution in [0, 0.1) is 6.92 Å². The quantitative estimate of drug-likeness (QED) is 0.494. The van der Waals surface area contributed by atoms with E-state index in [0.29, 0.717) is 30.5 Å². The molecule has 0 amide bonds. The van der Waals surface area contributed by atoms with Crippen LogP contribution in [0.2, 0.25) is 0 Å². The van der Waals surface area contributed by atoms with Gasteiger partial charge >= 0.3 is 0 Å². The van der Waals surface area contributed by atoms with Crippen LogP contribution >= 0.6 is 0 Å². The average Bonchev–Trinajstić information content (AvgIpc) is 3.43. The molecule has 7 heteroatoms. The molecule has 4 rings (SSSR count). The van der Waals surface area contributed by atoms with Gasteiger partial charge in [0.2, 0.25) is 5.88 Å². The number of ether oxygens (including phenoxy) is 3. The van der Waals surface area contributed by atoms with Crippen LogP contribution in [-0.2, 0) is 11.3 Å². The smallest absolute Gasteiger partial charge is 0.227 e. The van der Waals surface area contributed by atoms with Crippen molar-refractivity contribution in [3.05, 3.63) is 65.9 Å². The fourth-order valence-electron chi connectivity index (χ4n) is 4.25. The molecule has 0 saturated carbocycles. The monoisotopic (exact) mass is 451 g/mol. The first-order valence-corrected chi connectivity index (χ1v) is 11.5. The molecule has 1 fully saturated rings. The number of benzene rings is 2. The SMILES string of the molecule is COc1ccccc1Oc1c(CN(C[C@@H]2CCCO2)C[C@H](C)O)c(C)nn1-c1ccccc1. The van der Waals surface area contributed by atoms with E-state index in [1.54, 1.807) is 7.11 Å². The van der Waals surface area contributed by atoms with Gasteiger partial charge in [0.1, 0.15) is 0 Å². The van der Waals surface area contributed by atoms with Crippen molar-refractivity contribution in [2.24, 2.45) is 0 Å². The van der Waals surface area contributed by atoms with Gasteiger partial charge in [-0.2, -0.15) is 5.10 Å². The maximum absolute atomic E-state index is 10.1. The Morgan fingerprint density at radius 2 is 1.88 bits per heavy atom.